The molecule has 2 rings (SSSR count). The van der Waals surface area contributed by atoms with Gasteiger partial charge in [0.25, 0.3) is 0 Å². The van der Waals surface area contributed by atoms with Crippen LogP contribution < -0.4 is 0 Å². The summed E-state index contributed by atoms with van der Waals surface area (Å²) in [7, 11) is 0. The number of halogens is 5. The van der Waals surface area contributed by atoms with Crippen LogP contribution in [0.5, 0.6) is 5.75 Å². The first kappa shape index (κ1) is 14.6. The zero-order valence-electron chi connectivity index (χ0n) is 9.30. The fourth-order valence-corrected chi connectivity index (χ4v) is 2.65. The summed E-state index contributed by atoms with van der Waals surface area (Å²) < 4.78 is 39.9. The average Bonchev–Trinajstić information content (AvgIpc) is 2.32. The molecule has 0 unspecified atom stereocenters. The Hall–Kier alpha value is -0.760. The van der Waals surface area contributed by atoms with E-state index in [9.17, 15) is 18.3 Å². The summed E-state index contributed by atoms with van der Waals surface area (Å²) in [5, 5.41) is 9.31. The Labute approximate surface area is 129 Å². The Balaban J connectivity index is 2.62. The summed E-state index contributed by atoms with van der Waals surface area (Å²) in [6.07, 6.45) is -4.57. The van der Waals surface area contributed by atoms with Gasteiger partial charge in [0.05, 0.1) is 5.56 Å². The van der Waals surface area contributed by atoms with E-state index in [2.05, 4.69) is 38.5 Å². The van der Waals surface area contributed by atoms with Crippen LogP contribution in [0.3, 0.4) is 0 Å². The molecule has 0 aliphatic carbocycles. The monoisotopic (exact) mass is 442 g/mol. The van der Waals surface area contributed by atoms with Crippen molar-refractivity contribution in [2.75, 3.05) is 0 Å². The fraction of sp³-hybridized carbons (Fsp3) is 0.0769. The molecular weight excluding hydrogens is 436 g/mol. The van der Waals surface area contributed by atoms with Crippen LogP contribution in [0.2, 0.25) is 0 Å². The van der Waals surface area contributed by atoms with Crippen LogP contribution in [0, 0.1) is 3.57 Å². The average molecular weight is 443 g/mol. The van der Waals surface area contributed by atoms with Crippen LogP contribution in [0.25, 0.3) is 11.1 Å². The number of hydrogen-bond donors (Lipinski definition) is 1. The third-order valence-electron chi connectivity index (χ3n) is 2.56. The molecule has 19 heavy (non-hydrogen) atoms. The fourth-order valence-electron chi connectivity index (χ4n) is 1.66. The quantitative estimate of drug-likeness (QED) is 0.582. The lowest BCUT2D eigenvalue weighted by Crippen LogP contribution is -2.05. The smallest absolute Gasteiger partial charge is 0.419 e. The molecule has 2 aromatic carbocycles. The van der Waals surface area contributed by atoms with Gasteiger partial charge in [0.1, 0.15) is 5.75 Å². The standard InChI is InChI=1S/C13H7BrF3IO/c14-12-8(2-1-3-10(12)18)7-4-5-11(19)9(6-7)13(15,16)17/h1-6,19H. The van der Waals surface area contributed by atoms with Crippen molar-refractivity contribution in [2.45, 2.75) is 6.18 Å². The predicted molar refractivity (Wildman–Crippen MR) is 79.0 cm³/mol. The SMILES string of the molecule is Oc1ccc(-c2cccc(I)c2Br)cc1C(F)(F)F. The predicted octanol–water partition coefficient (Wildman–Crippen LogP) is 5.45. The third kappa shape index (κ3) is 3.05. The molecule has 0 fully saturated rings. The van der Waals surface area contributed by atoms with E-state index in [0.29, 0.717) is 11.1 Å². The lowest BCUT2D eigenvalue weighted by molar-refractivity contribution is -0.138. The highest BCUT2D eigenvalue weighted by Gasteiger charge is 2.34. The molecule has 0 aliphatic heterocycles. The van der Waals surface area contributed by atoms with Crippen molar-refractivity contribution in [3.05, 3.63) is 50.0 Å². The molecule has 0 bridgehead atoms. The summed E-state index contributed by atoms with van der Waals surface area (Å²) in [5.74, 6) is -0.766. The molecule has 1 nitrogen and oxygen atoms in total. The maximum Gasteiger partial charge on any atom is 0.419 e. The van der Waals surface area contributed by atoms with Crippen LogP contribution in [0.4, 0.5) is 13.2 Å². The summed E-state index contributed by atoms with van der Waals surface area (Å²) >= 11 is 5.45. The van der Waals surface area contributed by atoms with E-state index in [1.165, 1.54) is 6.07 Å². The Morgan fingerprint density at radius 1 is 1.11 bits per heavy atom. The zero-order valence-corrected chi connectivity index (χ0v) is 13.0. The van der Waals surface area contributed by atoms with Crippen LogP contribution in [-0.2, 0) is 6.18 Å². The van der Waals surface area contributed by atoms with Gasteiger partial charge in [0.2, 0.25) is 0 Å². The number of phenolic OH excluding ortho intramolecular Hbond substituents is 1. The van der Waals surface area contributed by atoms with Crippen LogP contribution in [0.15, 0.2) is 40.9 Å². The van der Waals surface area contributed by atoms with Gasteiger partial charge in [-0.25, -0.2) is 0 Å². The van der Waals surface area contributed by atoms with E-state index in [1.54, 1.807) is 12.1 Å². The largest absolute Gasteiger partial charge is 0.507 e. The van der Waals surface area contributed by atoms with Crippen molar-refractivity contribution < 1.29 is 18.3 Å². The second-order valence-corrected chi connectivity index (χ2v) is 5.79. The Morgan fingerprint density at radius 3 is 2.42 bits per heavy atom. The van der Waals surface area contributed by atoms with Gasteiger partial charge in [0, 0.05) is 8.04 Å². The molecule has 0 aromatic heterocycles. The summed E-state index contributed by atoms with van der Waals surface area (Å²) in [6, 6.07) is 8.80. The van der Waals surface area contributed by atoms with Crippen molar-refractivity contribution in [2.24, 2.45) is 0 Å². The number of benzene rings is 2. The molecule has 1 N–H and O–H groups in total. The lowest BCUT2D eigenvalue weighted by Gasteiger charge is -2.12. The second kappa shape index (κ2) is 5.32. The van der Waals surface area contributed by atoms with Crippen LogP contribution in [0.1, 0.15) is 5.56 Å². The molecule has 0 aliphatic rings. The molecule has 0 saturated heterocycles. The van der Waals surface area contributed by atoms with Gasteiger partial charge in [-0.1, -0.05) is 18.2 Å². The van der Waals surface area contributed by atoms with Gasteiger partial charge < -0.3 is 5.11 Å². The molecule has 0 heterocycles. The van der Waals surface area contributed by atoms with Gasteiger partial charge in [-0.2, -0.15) is 13.2 Å². The highest BCUT2D eigenvalue weighted by Crippen LogP contribution is 2.40. The first-order valence-corrected chi connectivity index (χ1v) is 7.02. The minimum Gasteiger partial charge on any atom is -0.507 e. The van der Waals surface area contributed by atoms with Crippen molar-refractivity contribution in [3.8, 4) is 16.9 Å². The van der Waals surface area contributed by atoms with E-state index in [4.69, 9.17) is 0 Å². The molecule has 0 radical (unpaired) electrons. The van der Waals surface area contributed by atoms with E-state index >= 15 is 0 Å². The van der Waals surface area contributed by atoms with Gasteiger partial charge >= 0.3 is 6.18 Å². The summed E-state index contributed by atoms with van der Waals surface area (Å²) in [6.45, 7) is 0. The molecule has 0 spiro atoms. The van der Waals surface area contributed by atoms with Crippen molar-refractivity contribution in [3.63, 3.8) is 0 Å². The van der Waals surface area contributed by atoms with Gasteiger partial charge in [0.15, 0.2) is 0 Å². The van der Waals surface area contributed by atoms with Gasteiger partial charge in [-0.15, -0.1) is 0 Å². The molecule has 0 atom stereocenters. The Morgan fingerprint density at radius 2 is 1.79 bits per heavy atom. The maximum atomic E-state index is 12.8. The molecule has 2 aromatic rings. The molecule has 100 valence electrons. The minimum atomic E-state index is -4.57. The van der Waals surface area contributed by atoms with Crippen molar-refractivity contribution in [1.82, 2.24) is 0 Å². The van der Waals surface area contributed by atoms with Crippen LogP contribution in [-0.4, -0.2) is 5.11 Å². The van der Waals surface area contributed by atoms with Crippen molar-refractivity contribution in [1.29, 1.82) is 0 Å². The van der Waals surface area contributed by atoms with Gasteiger partial charge in [-0.05, 0) is 67.8 Å². The number of alkyl halides is 3. The van der Waals surface area contributed by atoms with Gasteiger partial charge in [-0.3, -0.25) is 0 Å². The Kier molecular flexibility index (Phi) is 4.10. The number of hydrogen-bond acceptors (Lipinski definition) is 1. The minimum absolute atomic E-state index is 0.399. The highest BCUT2D eigenvalue weighted by molar-refractivity contribution is 14.1. The van der Waals surface area contributed by atoms with E-state index in [1.807, 2.05) is 6.07 Å². The van der Waals surface area contributed by atoms with E-state index in [0.717, 1.165) is 20.2 Å². The van der Waals surface area contributed by atoms with E-state index in [-0.39, 0.29) is 0 Å². The van der Waals surface area contributed by atoms with Crippen LogP contribution >= 0.6 is 38.5 Å². The third-order valence-corrected chi connectivity index (χ3v) is 5.06. The lowest BCUT2D eigenvalue weighted by atomic mass is 10.0. The molecule has 0 amide bonds. The molecule has 0 saturated carbocycles. The second-order valence-electron chi connectivity index (χ2n) is 3.83. The maximum absolute atomic E-state index is 12.8. The number of rotatable bonds is 1. The summed E-state index contributed by atoms with van der Waals surface area (Å²) in [5.41, 5.74) is 0.0173. The van der Waals surface area contributed by atoms with Crippen molar-refractivity contribution >= 4 is 38.5 Å². The van der Waals surface area contributed by atoms with E-state index < -0.39 is 17.5 Å². The first-order chi connectivity index (χ1) is 8.80. The summed E-state index contributed by atoms with van der Waals surface area (Å²) in [4.78, 5) is 0. The topological polar surface area (TPSA) is 20.2 Å². The first-order valence-electron chi connectivity index (χ1n) is 5.15. The Bertz CT molecular complexity index is 626. The highest BCUT2D eigenvalue weighted by atomic mass is 127. The number of phenols is 1. The molecular formula is C13H7BrF3IO. The molecule has 6 heteroatoms. The number of aromatic hydroxyl groups is 1. The normalized spacial score (nSPS) is 11.6. The zero-order chi connectivity index (χ0) is 14.2.